The summed E-state index contributed by atoms with van der Waals surface area (Å²) in [7, 11) is -3.67. The number of nitriles is 1. The van der Waals surface area contributed by atoms with E-state index in [2.05, 4.69) is 4.72 Å². The lowest BCUT2D eigenvalue weighted by Gasteiger charge is -2.05. The van der Waals surface area contributed by atoms with Crippen molar-refractivity contribution >= 4 is 38.6 Å². The van der Waals surface area contributed by atoms with Gasteiger partial charge in [0.15, 0.2) is 0 Å². The normalized spacial score (nSPS) is 11.0. The van der Waals surface area contributed by atoms with E-state index in [1.54, 1.807) is 25.1 Å². The average molecular weight is 313 g/mol. The van der Waals surface area contributed by atoms with Crippen LogP contribution in [-0.4, -0.2) is 8.42 Å². The fraction of sp³-hybridized carbons (Fsp3) is 0.0833. The van der Waals surface area contributed by atoms with E-state index < -0.39 is 10.0 Å². The maximum absolute atomic E-state index is 12.1. The lowest BCUT2D eigenvalue weighted by Crippen LogP contribution is -2.11. The van der Waals surface area contributed by atoms with Gasteiger partial charge < -0.3 is 0 Å². The zero-order chi connectivity index (χ0) is 14.0. The van der Waals surface area contributed by atoms with E-state index in [-0.39, 0.29) is 4.21 Å². The highest BCUT2D eigenvalue weighted by molar-refractivity contribution is 7.94. The van der Waals surface area contributed by atoms with Crippen LogP contribution in [0.2, 0.25) is 4.34 Å². The molecule has 0 saturated heterocycles. The Morgan fingerprint density at radius 2 is 2.11 bits per heavy atom. The zero-order valence-corrected chi connectivity index (χ0v) is 12.2. The molecule has 1 heterocycles. The molecule has 0 bridgehead atoms. The Kier molecular flexibility index (Phi) is 3.80. The standard InChI is InChI=1S/C12H9ClN2O2S2/c1-8-5-11(18-12(8)13)19(16,17)15-10-4-2-3-9(6-10)7-14/h2-6,15H,1H3. The number of aryl methyl sites for hydroxylation is 1. The second kappa shape index (κ2) is 5.21. The fourth-order valence-corrected chi connectivity index (χ4v) is 4.18. The van der Waals surface area contributed by atoms with Gasteiger partial charge in [-0.15, -0.1) is 11.3 Å². The van der Waals surface area contributed by atoms with Crippen LogP contribution < -0.4 is 4.72 Å². The maximum Gasteiger partial charge on any atom is 0.271 e. The number of rotatable bonds is 3. The van der Waals surface area contributed by atoms with Crippen LogP contribution in [0.5, 0.6) is 0 Å². The second-order valence-electron chi connectivity index (χ2n) is 3.82. The summed E-state index contributed by atoms with van der Waals surface area (Å²) in [5.41, 5.74) is 1.46. The van der Waals surface area contributed by atoms with E-state index in [1.165, 1.54) is 12.1 Å². The molecule has 0 atom stereocenters. The van der Waals surface area contributed by atoms with Gasteiger partial charge >= 0.3 is 0 Å². The Balaban J connectivity index is 2.34. The Bertz CT molecular complexity index is 741. The van der Waals surface area contributed by atoms with Crippen LogP contribution >= 0.6 is 22.9 Å². The monoisotopic (exact) mass is 312 g/mol. The molecule has 4 nitrogen and oxygen atoms in total. The molecule has 0 aliphatic rings. The molecule has 0 fully saturated rings. The second-order valence-corrected chi connectivity index (χ2v) is 7.38. The van der Waals surface area contributed by atoms with E-state index in [4.69, 9.17) is 16.9 Å². The van der Waals surface area contributed by atoms with Gasteiger partial charge in [-0.3, -0.25) is 4.72 Å². The first-order valence-electron chi connectivity index (χ1n) is 5.21. The first-order chi connectivity index (χ1) is 8.92. The largest absolute Gasteiger partial charge is 0.279 e. The van der Waals surface area contributed by atoms with Crippen LogP contribution in [0.25, 0.3) is 0 Å². The molecule has 2 aromatic rings. The van der Waals surface area contributed by atoms with Gasteiger partial charge in [0.2, 0.25) is 0 Å². The van der Waals surface area contributed by atoms with Gasteiger partial charge in [-0.2, -0.15) is 5.26 Å². The minimum atomic E-state index is -3.67. The molecule has 0 saturated carbocycles. The molecule has 19 heavy (non-hydrogen) atoms. The van der Waals surface area contributed by atoms with Crippen molar-refractivity contribution in [3.63, 3.8) is 0 Å². The van der Waals surface area contributed by atoms with Crippen molar-refractivity contribution in [1.29, 1.82) is 5.26 Å². The Morgan fingerprint density at radius 1 is 1.37 bits per heavy atom. The molecule has 1 aromatic carbocycles. The highest BCUT2D eigenvalue weighted by Crippen LogP contribution is 2.31. The Labute approximate surface area is 120 Å². The molecule has 1 aromatic heterocycles. The van der Waals surface area contributed by atoms with E-state index in [9.17, 15) is 8.42 Å². The molecule has 98 valence electrons. The first-order valence-corrected chi connectivity index (χ1v) is 7.89. The van der Waals surface area contributed by atoms with Gasteiger partial charge in [-0.1, -0.05) is 17.7 Å². The third-order valence-electron chi connectivity index (χ3n) is 2.34. The quantitative estimate of drug-likeness (QED) is 0.944. The maximum atomic E-state index is 12.1. The van der Waals surface area contributed by atoms with E-state index in [0.717, 1.165) is 16.9 Å². The zero-order valence-electron chi connectivity index (χ0n) is 9.84. The number of benzene rings is 1. The topological polar surface area (TPSA) is 70.0 Å². The van der Waals surface area contributed by atoms with Crippen molar-refractivity contribution in [3.05, 3.63) is 45.8 Å². The van der Waals surface area contributed by atoms with Crippen LogP contribution in [-0.2, 0) is 10.0 Å². The molecule has 0 amide bonds. The number of nitrogens with zero attached hydrogens (tertiary/aromatic N) is 1. The number of thiophene rings is 1. The molecule has 0 radical (unpaired) electrons. The number of hydrogen-bond acceptors (Lipinski definition) is 4. The molecule has 1 N–H and O–H groups in total. The van der Waals surface area contributed by atoms with Gasteiger partial charge in [-0.05, 0) is 36.8 Å². The van der Waals surface area contributed by atoms with Gasteiger partial charge in [0, 0.05) is 0 Å². The van der Waals surface area contributed by atoms with Gasteiger partial charge in [-0.25, -0.2) is 8.42 Å². The summed E-state index contributed by atoms with van der Waals surface area (Å²) in [6.45, 7) is 1.74. The van der Waals surface area contributed by atoms with Crippen molar-refractivity contribution in [1.82, 2.24) is 0 Å². The summed E-state index contributed by atoms with van der Waals surface area (Å²) >= 11 is 6.87. The van der Waals surface area contributed by atoms with E-state index >= 15 is 0 Å². The minimum Gasteiger partial charge on any atom is -0.279 e. The molecular weight excluding hydrogens is 304 g/mol. The summed E-state index contributed by atoms with van der Waals surface area (Å²) < 4.78 is 27.3. The number of halogens is 1. The average Bonchev–Trinajstić information content (AvgIpc) is 2.70. The number of hydrogen-bond donors (Lipinski definition) is 1. The van der Waals surface area contributed by atoms with Crippen molar-refractivity contribution in [3.8, 4) is 6.07 Å². The number of anilines is 1. The molecule has 0 unspecified atom stereocenters. The Morgan fingerprint density at radius 3 is 2.68 bits per heavy atom. The molecule has 0 spiro atoms. The summed E-state index contributed by atoms with van der Waals surface area (Å²) in [4.78, 5) is 0. The summed E-state index contributed by atoms with van der Waals surface area (Å²) in [5, 5.41) is 8.77. The van der Waals surface area contributed by atoms with Gasteiger partial charge in [0.25, 0.3) is 10.0 Å². The van der Waals surface area contributed by atoms with E-state index in [0.29, 0.717) is 15.6 Å². The van der Waals surface area contributed by atoms with Crippen LogP contribution in [0.3, 0.4) is 0 Å². The summed E-state index contributed by atoms with van der Waals surface area (Å²) in [6, 6.07) is 9.74. The predicted molar refractivity (Wildman–Crippen MR) is 76.0 cm³/mol. The summed E-state index contributed by atoms with van der Waals surface area (Å²) in [6.07, 6.45) is 0. The van der Waals surface area contributed by atoms with Crippen molar-refractivity contribution in [2.24, 2.45) is 0 Å². The minimum absolute atomic E-state index is 0.150. The summed E-state index contributed by atoms with van der Waals surface area (Å²) in [5.74, 6) is 0. The van der Waals surface area contributed by atoms with Crippen molar-refractivity contribution in [2.75, 3.05) is 4.72 Å². The first kappa shape index (κ1) is 13.9. The lowest BCUT2D eigenvalue weighted by atomic mass is 10.2. The van der Waals surface area contributed by atoms with Crippen molar-refractivity contribution in [2.45, 2.75) is 11.1 Å². The van der Waals surface area contributed by atoms with Crippen LogP contribution in [0.1, 0.15) is 11.1 Å². The van der Waals surface area contributed by atoms with Gasteiger partial charge in [0.1, 0.15) is 4.21 Å². The number of sulfonamides is 1. The third-order valence-corrected chi connectivity index (χ3v) is 5.75. The molecule has 7 heteroatoms. The third kappa shape index (κ3) is 3.07. The lowest BCUT2D eigenvalue weighted by molar-refractivity contribution is 0.603. The SMILES string of the molecule is Cc1cc(S(=O)(=O)Nc2cccc(C#N)c2)sc1Cl. The van der Waals surface area contributed by atoms with E-state index in [1.807, 2.05) is 6.07 Å². The predicted octanol–water partition coefficient (Wildman–Crippen LogP) is 3.38. The highest BCUT2D eigenvalue weighted by atomic mass is 35.5. The van der Waals surface area contributed by atoms with Crippen molar-refractivity contribution < 1.29 is 8.42 Å². The highest BCUT2D eigenvalue weighted by Gasteiger charge is 2.18. The fourth-order valence-electron chi connectivity index (χ4n) is 1.42. The van der Waals surface area contributed by atoms with Gasteiger partial charge in [0.05, 0.1) is 21.7 Å². The van der Waals surface area contributed by atoms with Crippen LogP contribution in [0, 0.1) is 18.3 Å². The Hall–Kier alpha value is -1.55. The van der Waals surface area contributed by atoms with Crippen LogP contribution in [0.4, 0.5) is 5.69 Å². The molecule has 0 aliphatic carbocycles. The molecule has 0 aliphatic heterocycles. The number of nitrogens with one attached hydrogen (secondary N) is 1. The molecular formula is C12H9ClN2O2S2. The smallest absolute Gasteiger partial charge is 0.271 e. The van der Waals surface area contributed by atoms with Crippen LogP contribution in [0.15, 0.2) is 34.5 Å². The molecule has 2 rings (SSSR count).